The molecule has 1 amide bonds. The Morgan fingerprint density at radius 2 is 1.83 bits per heavy atom. The second kappa shape index (κ2) is 10.8. The number of rotatable bonds is 8. The number of quaternary nitrogens is 1. The fourth-order valence-electron chi connectivity index (χ4n) is 3.44. The van der Waals surface area contributed by atoms with E-state index in [1.54, 1.807) is 6.08 Å². The number of ether oxygens (including phenoxy) is 2. The Labute approximate surface area is 173 Å². The molecule has 1 fully saturated rings. The molecule has 1 heterocycles. The third-order valence-electron chi connectivity index (χ3n) is 5.11. The number of aryl methyl sites for hydroxylation is 1. The first-order chi connectivity index (χ1) is 14.1. The number of morpholine rings is 1. The van der Waals surface area contributed by atoms with Crippen molar-refractivity contribution in [3.05, 3.63) is 71.3 Å². The van der Waals surface area contributed by atoms with Crippen LogP contribution in [0.3, 0.4) is 0 Å². The van der Waals surface area contributed by atoms with Crippen molar-refractivity contribution in [3.63, 3.8) is 0 Å². The Kier molecular flexibility index (Phi) is 7.85. The number of carbonyl (C=O) groups is 1. The Morgan fingerprint density at radius 1 is 1.14 bits per heavy atom. The molecule has 0 bridgehead atoms. The highest BCUT2D eigenvalue weighted by atomic mass is 16.5. The van der Waals surface area contributed by atoms with Gasteiger partial charge in [0.2, 0.25) is 5.91 Å². The van der Waals surface area contributed by atoms with Crippen molar-refractivity contribution in [1.29, 1.82) is 0 Å². The maximum atomic E-state index is 12.6. The average Bonchev–Trinajstić information content (AvgIpc) is 2.74. The van der Waals surface area contributed by atoms with E-state index in [1.807, 2.05) is 37.3 Å². The van der Waals surface area contributed by atoms with E-state index in [-0.39, 0.29) is 11.9 Å². The largest absolute Gasteiger partial charge is 0.494 e. The van der Waals surface area contributed by atoms with E-state index >= 15 is 0 Å². The Hall–Kier alpha value is -2.63. The average molecular weight is 396 g/mol. The molecule has 1 atom stereocenters. The minimum Gasteiger partial charge on any atom is -0.494 e. The molecule has 0 aliphatic carbocycles. The van der Waals surface area contributed by atoms with Gasteiger partial charge in [0.1, 0.15) is 31.4 Å². The van der Waals surface area contributed by atoms with Crippen LogP contribution < -0.4 is 15.0 Å². The summed E-state index contributed by atoms with van der Waals surface area (Å²) in [5.41, 5.74) is 3.32. The summed E-state index contributed by atoms with van der Waals surface area (Å²) in [5.74, 6) is 0.749. The Bertz CT molecular complexity index is 794. The van der Waals surface area contributed by atoms with Gasteiger partial charge in [-0.25, -0.2) is 0 Å². The molecule has 1 aliphatic rings. The molecule has 0 unspecified atom stereocenters. The molecule has 29 heavy (non-hydrogen) atoms. The first kappa shape index (κ1) is 21.1. The Balaban J connectivity index is 1.65. The van der Waals surface area contributed by atoms with Crippen LogP contribution >= 0.6 is 0 Å². The summed E-state index contributed by atoms with van der Waals surface area (Å²) >= 11 is 0. The monoisotopic (exact) mass is 395 g/mol. The first-order valence-corrected chi connectivity index (χ1v) is 10.3. The number of carbonyl (C=O) groups excluding carboxylic acids is 1. The van der Waals surface area contributed by atoms with E-state index in [9.17, 15) is 4.79 Å². The van der Waals surface area contributed by atoms with E-state index < -0.39 is 0 Å². The van der Waals surface area contributed by atoms with Crippen LogP contribution in [0.1, 0.15) is 29.7 Å². The molecular weight excluding hydrogens is 364 g/mol. The number of nitrogens with one attached hydrogen (secondary N) is 2. The molecule has 154 valence electrons. The lowest BCUT2D eigenvalue weighted by molar-refractivity contribution is -0.909. The van der Waals surface area contributed by atoms with Crippen LogP contribution in [0.2, 0.25) is 0 Å². The molecule has 0 radical (unpaired) electrons. The molecule has 2 aromatic rings. The van der Waals surface area contributed by atoms with Crippen molar-refractivity contribution < 1.29 is 19.2 Å². The fraction of sp³-hybridized carbons (Fsp3) is 0.375. The molecule has 5 nitrogen and oxygen atoms in total. The molecule has 0 aromatic heterocycles. The van der Waals surface area contributed by atoms with Gasteiger partial charge in [-0.2, -0.15) is 0 Å². The van der Waals surface area contributed by atoms with E-state index in [4.69, 9.17) is 9.47 Å². The summed E-state index contributed by atoms with van der Waals surface area (Å²) in [6, 6.07) is 16.1. The van der Waals surface area contributed by atoms with Gasteiger partial charge in [0.25, 0.3) is 0 Å². The molecule has 2 aromatic carbocycles. The van der Waals surface area contributed by atoms with Crippen LogP contribution in [0, 0.1) is 6.92 Å². The second-order valence-corrected chi connectivity index (χ2v) is 7.37. The zero-order valence-corrected chi connectivity index (χ0v) is 17.3. The predicted octanol–water partition coefficient (Wildman–Crippen LogP) is 2.18. The third kappa shape index (κ3) is 6.73. The zero-order chi connectivity index (χ0) is 20.5. The minimum absolute atomic E-state index is 0.0267. The van der Waals surface area contributed by atoms with E-state index in [1.165, 1.54) is 10.5 Å². The van der Waals surface area contributed by atoms with Gasteiger partial charge in [0.15, 0.2) is 0 Å². The predicted molar refractivity (Wildman–Crippen MR) is 115 cm³/mol. The van der Waals surface area contributed by atoms with Crippen molar-refractivity contribution in [2.24, 2.45) is 0 Å². The van der Waals surface area contributed by atoms with Gasteiger partial charge in [0, 0.05) is 6.08 Å². The maximum absolute atomic E-state index is 12.6. The summed E-state index contributed by atoms with van der Waals surface area (Å²) in [6.07, 6.45) is 3.43. The SMILES string of the molecule is CCOc1ccc(/C=C/C(=O)N[C@H](C[NH+]2CCOCC2)c2ccc(C)cc2)cc1. The van der Waals surface area contributed by atoms with Gasteiger partial charge in [0.05, 0.1) is 19.8 Å². The molecule has 3 rings (SSSR count). The normalized spacial score (nSPS) is 15.9. The number of hydrogen-bond acceptors (Lipinski definition) is 3. The standard InChI is InChI=1S/C24H30N2O3/c1-3-29-22-11-6-20(7-12-22)8-13-24(27)25-23(18-26-14-16-28-17-15-26)21-9-4-19(2)5-10-21/h4-13,23H,3,14-18H2,1-2H3,(H,25,27)/p+1/b13-8+/t23-/m1/s1. The highest BCUT2D eigenvalue weighted by Gasteiger charge is 2.22. The zero-order valence-electron chi connectivity index (χ0n) is 17.3. The van der Waals surface area contributed by atoms with Crippen molar-refractivity contribution in [2.75, 3.05) is 39.5 Å². The molecule has 1 saturated heterocycles. The third-order valence-corrected chi connectivity index (χ3v) is 5.11. The summed E-state index contributed by atoms with van der Waals surface area (Å²) < 4.78 is 10.9. The molecule has 0 saturated carbocycles. The number of amides is 1. The second-order valence-electron chi connectivity index (χ2n) is 7.37. The summed E-state index contributed by atoms with van der Waals surface area (Å²) in [7, 11) is 0. The highest BCUT2D eigenvalue weighted by molar-refractivity contribution is 5.92. The summed E-state index contributed by atoms with van der Waals surface area (Å²) in [6.45, 7) is 9.03. The summed E-state index contributed by atoms with van der Waals surface area (Å²) in [4.78, 5) is 14.1. The fourth-order valence-corrected chi connectivity index (χ4v) is 3.44. The molecule has 1 aliphatic heterocycles. The van der Waals surface area contributed by atoms with Crippen LogP contribution in [-0.2, 0) is 9.53 Å². The van der Waals surface area contributed by atoms with E-state index in [0.717, 1.165) is 49.7 Å². The van der Waals surface area contributed by atoms with Gasteiger partial charge < -0.3 is 19.7 Å². The molecular formula is C24H31N2O3+. The van der Waals surface area contributed by atoms with Crippen LogP contribution in [0.4, 0.5) is 0 Å². The van der Waals surface area contributed by atoms with Crippen LogP contribution in [0.5, 0.6) is 5.75 Å². The quantitative estimate of drug-likeness (QED) is 0.674. The van der Waals surface area contributed by atoms with Crippen molar-refractivity contribution in [3.8, 4) is 5.75 Å². The Morgan fingerprint density at radius 3 is 2.48 bits per heavy atom. The topological polar surface area (TPSA) is 52.0 Å². The molecule has 0 spiro atoms. The lowest BCUT2D eigenvalue weighted by atomic mass is 10.0. The van der Waals surface area contributed by atoms with Gasteiger partial charge in [-0.3, -0.25) is 4.79 Å². The minimum atomic E-state index is -0.0860. The van der Waals surface area contributed by atoms with Crippen LogP contribution in [0.15, 0.2) is 54.6 Å². The van der Waals surface area contributed by atoms with Crippen molar-refractivity contribution in [2.45, 2.75) is 19.9 Å². The lowest BCUT2D eigenvalue weighted by Crippen LogP contribution is -3.14. The molecule has 2 N–H and O–H groups in total. The number of hydrogen-bond donors (Lipinski definition) is 2. The summed E-state index contributed by atoms with van der Waals surface area (Å²) in [5, 5.41) is 3.19. The van der Waals surface area contributed by atoms with Crippen LogP contribution in [0.25, 0.3) is 6.08 Å². The van der Waals surface area contributed by atoms with Crippen LogP contribution in [-0.4, -0.2) is 45.4 Å². The van der Waals surface area contributed by atoms with Gasteiger partial charge in [-0.05, 0) is 43.2 Å². The van der Waals surface area contributed by atoms with Crippen molar-refractivity contribution >= 4 is 12.0 Å². The van der Waals surface area contributed by atoms with E-state index in [0.29, 0.717) is 6.61 Å². The smallest absolute Gasteiger partial charge is 0.244 e. The van der Waals surface area contributed by atoms with Gasteiger partial charge in [-0.1, -0.05) is 42.0 Å². The first-order valence-electron chi connectivity index (χ1n) is 10.3. The maximum Gasteiger partial charge on any atom is 0.244 e. The molecule has 5 heteroatoms. The van der Waals surface area contributed by atoms with E-state index in [2.05, 4.69) is 36.5 Å². The van der Waals surface area contributed by atoms with Gasteiger partial charge >= 0.3 is 0 Å². The highest BCUT2D eigenvalue weighted by Crippen LogP contribution is 2.14. The van der Waals surface area contributed by atoms with Gasteiger partial charge in [-0.15, -0.1) is 0 Å². The van der Waals surface area contributed by atoms with Crippen molar-refractivity contribution in [1.82, 2.24) is 5.32 Å². The lowest BCUT2D eigenvalue weighted by Gasteiger charge is -2.28. The number of benzene rings is 2.